The van der Waals surface area contributed by atoms with Crippen LogP contribution in [0.5, 0.6) is 0 Å². The molecule has 0 saturated carbocycles. The minimum atomic E-state index is 0.700. The highest BCUT2D eigenvalue weighted by Crippen LogP contribution is 2.10. The summed E-state index contributed by atoms with van der Waals surface area (Å²) in [6.07, 6.45) is 3.78. The Labute approximate surface area is 118 Å². The zero-order valence-corrected chi connectivity index (χ0v) is 12.4. The zero-order chi connectivity index (χ0) is 13.5. The van der Waals surface area contributed by atoms with Crippen LogP contribution < -0.4 is 5.32 Å². The molecule has 0 radical (unpaired) electrons. The van der Waals surface area contributed by atoms with Crippen LogP contribution >= 0.6 is 0 Å². The van der Waals surface area contributed by atoms with Gasteiger partial charge in [-0.15, -0.1) is 0 Å². The van der Waals surface area contributed by atoms with Crippen LogP contribution in [0.25, 0.3) is 0 Å². The topological polar surface area (TPSA) is 15.3 Å². The summed E-state index contributed by atoms with van der Waals surface area (Å²) in [5.74, 6) is 0.793. The molecule has 1 atom stereocenters. The number of aryl methyl sites for hydroxylation is 1. The van der Waals surface area contributed by atoms with E-state index in [0.29, 0.717) is 6.04 Å². The predicted octanol–water partition coefficient (Wildman–Crippen LogP) is 2.94. The maximum Gasteiger partial charge on any atom is 0.0197 e. The van der Waals surface area contributed by atoms with E-state index in [1.807, 2.05) is 0 Å². The highest BCUT2D eigenvalue weighted by atomic mass is 15.2. The van der Waals surface area contributed by atoms with E-state index in [2.05, 4.69) is 54.4 Å². The number of nitrogens with zero attached hydrogens (tertiary/aromatic N) is 1. The van der Waals surface area contributed by atoms with Gasteiger partial charge in [-0.05, 0) is 37.3 Å². The number of hydrogen-bond acceptors (Lipinski definition) is 2. The summed E-state index contributed by atoms with van der Waals surface area (Å²) in [7, 11) is 0. The van der Waals surface area contributed by atoms with Crippen molar-refractivity contribution in [3.8, 4) is 0 Å². The zero-order valence-electron chi connectivity index (χ0n) is 12.4. The predicted molar refractivity (Wildman–Crippen MR) is 82.4 cm³/mol. The molecule has 1 aromatic carbocycles. The molecule has 0 aliphatic carbocycles. The van der Waals surface area contributed by atoms with Crippen LogP contribution in [-0.4, -0.2) is 37.1 Å². The fourth-order valence-corrected chi connectivity index (χ4v) is 2.98. The van der Waals surface area contributed by atoms with E-state index in [1.165, 1.54) is 44.5 Å². The molecule has 2 rings (SSSR count). The van der Waals surface area contributed by atoms with Gasteiger partial charge < -0.3 is 10.2 Å². The van der Waals surface area contributed by atoms with Gasteiger partial charge in [-0.25, -0.2) is 0 Å². The summed E-state index contributed by atoms with van der Waals surface area (Å²) in [6, 6.07) is 11.5. The molecule has 19 heavy (non-hydrogen) atoms. The third-order valence-corrected chi connectivity index (χ3v) is 3.88. The van der Waals surface area contributed by atoms with E-state index >= 15 is 0 Å². The molecule has 2 nitrogen and oxygen atoms in total. The van der Waals surface area contributed by atoms with Gasteiger partial charge in [0.05, 0.1) is 0 Å². The van der Waals surface area contributed by atoms with Gasteiger partial charge in [0.25, 0.3) is 0 Å². The van der Waals surface area contributed by atoms with Gasteiger partial charge in [-0.3, -0.25) is 0 Å². The van der Waals surface area contributed by atoms with Crippen LogP contribution in [0.15, 0.2) is 30.3 Å². The molecule has 1 aromatic rings. The molecular formula is C17H28N2. The molecule has 1 aliphatic heterocycles. The van der Waals surface area contributed by atoms with Crippen molar-refractivity contribution in [2.45, 2.75) is 39.2 Å². The maximum absolute atomic E-state index is 3.65. The van der Waals surface area contributed by atoms with Crippen LogP contribution in [0.1, 0.15) is 32.3 Å². The van der Waals surface area contributed by atoms with Crippen molar-refractivity contribution in [1.29, 1.82) is 0 Å². The molecule has 1 N–H and O–H groups in total. The summed E-state index contributed by atoms with van der Waals surface area (Å²) in [6.45, 7) is 9.47. The van der Waals surface area contributed by atoms with E-state index in [9.17, 15) is 0 Å². The largest absolute Gasteiger partial charge is 0.311 e. The van der Waals surface area contributed by atoms with Gasteiger partial charge in [-0.1, -0.05) is 44.2 Å². The Morgan fingerprint density at radius 2 is 2.05 bits per heavy atom. The average molecular weight is 260 g/mol. The smallest absolute Gasteiger partial charge is 0.0197 e. The Bertz CT molecular complexity index is 348. The maximum atomic E-state index is 3.65. The van der Waals surface area contributed by atoms with E-state index < -0.39 is 0 Å². The van der Waals surface area contributed by atoms with Gasteiger partial charge in [0.1, 0.15) is 0 Å². The summed E-state index contributed by atoms with van der Waals surface area (Å²) >= 11 is 0. The lowest BCUT2D eigenvalue weighted by Gasteiger charge is -2.34. The SMILES string of the molecule is CC(C)C[C@H]1CN(CCCc2ccccc2)CCN1. The van der Waals surface area contributed by atoms with Gasteiger partial charge in [-0.2, -0.15) is 0 Å². The first kappa shape index (κ1) is 14.5. The second-order valence-electron chi connectivity index (χ2n) is 6.17. The monoisotopic (exact) mass is 260 g/mol. The lowest BCUT2D eigenvalue weighted by Crippen LogP contribution is -2.51. The quantitative estimate of drug-likeness (QED) is 0.846. The Hall–Kier alpha value is -0.860. The molecule has 106 valence electrons. The molecule has 0 unspecified atom stereocenters. The van der Waals surface area contributed by atoms with Crippen molar-refractivity contribution in [3.05, 3.63) is 35.9 Å². The van der Waals surface area contributed by atoms with Gasteiger partial charge in [0.2, 0.25) is 0 Å². The van der Waals surface area contributed by atoms with Crippen molar-refractivity contribution in [1.82, 2.24) is 10.2 Å². The summed E-state index contributed by atoms with van der Waals surface area (Å²) in [5, 5.41) is 3.65. The minimum Gasteiger partial charge on any atom is -0.311 e. The fourth-order valence-electron chi connectivity index (χ4n) is 2.98. The number of piperazine rings is 1. The molecule has 2 heteroatoms. The van der Waals surface area contributed by atoms with Crippen LogP contribution in [0.4, 0.5) is 0 Å². The lowest BCUT2D eigenvalue weighted by molar-refractivity contribution is 0.185. The Balaban J connectivity index is 1.68. The molecule has 1 heterocycles. The second-order valence-corrected chi connectivity index (χ2v) is 6.17. The number of benzene rings is 1. The van der Waals surface area contributed by atoms with E-state index in [4.69, 9.17) is 0 Å². The number of hydrogen-bond donors (Lipinski definition) is 1. The Kier molecular flexibility index (Phi) is 5.87. The third-order valence-electron chi connectivity index (χ3n) is 3.88. The highest BCUT2D eigenvalue weighted by molar-refractivity contribution is 5.14. The average Bonchev–Trinajstić information content (AvgIpc) is 2.40. The molecular weight excluding hydrogens is 232 g/mol. The standard InChI is InChI=1S/C17H28N2/c1-15(2)13-17-14-19(12-10-18-17)11-6-9-16-7-4-3-5-8-16/h3-5,7-8,15,17-18H,6,9-14H2,1-2H3/t17-/m0/s1. The second kappa shape index (κ2) is 7.66. The summed E-state index contributed by atoms with van der Waals surface area (Å²) < 4.78 is 0. The number of rotatable bonds is 6. The third kappa shape index (κ3) is 5.33. The van der Waals surface area contributed by atoms with Crippen molar-refractivity contribution in [2.24, 2.45) is 5.92 Å². The first-order valence-corrected chi connectivity index (χ1v) is 7.73. The van der Waals surface area contributed by atoms with Gasteiger partial charge in [0, 0.05) is 25.7 Å². The Morgan fingerprint density at radius 1 is 1.26 bits per heavy atom. The van der Waals surface area contributed by atoms with Crippen molar-refractivity contribution in [2.75, 3.05) is 26.2 Å². The molecule has 0 spiro atoms. The summed E-state index contributed by atoms with van der Waals surface area (Å²) in [5.41, 5.74) is 1.47. The van der Waals surface area contributed by atoms with Gasteiger partial charge in [0.15, 0.2) is 0 Å². The molecule has 0 amide bonds. The van der Waals surface area contributed by atoms with Crippen LogP contribution in [0.3, 0.4) is 0 Å². The van der Waals surface area contributed by atoms with Crippen LogP contribution in [0.2, 0.25) is 0 Å². The van der Waals surface area contributed by atoms with E-state index in [-0.39, 0.29) is 0 Å². The van der Waals surface area contributed by atoms with Crippen molar-refractivity contribution in [3.63, 3.8) is 0 Å². The van der Waals surface area contributed by atoms with E-state index in [1.54, 1.807) is 0 Å². The van der Waals surface area contributed by atoms with E-state index in [0.717, 1.165) is 12.5 Å². The highest BCUT2D eigenvalue weighted by Gasteiger charge is 2.19. The lowest BCUT2D eigenvalue weighted by atomic mass is 10.0. The van der Waals surface area contributed by atoms with Gasteiger partial charge >= 0.3 is 0 Å². The summed E-state index contributed by atoms with van der Waals surface area (Å²) in [4.78, 5) is 2.63. The molecule has 0 bridgehead atoms. The number of nitrogens with one attached hydrogen (secondary N) is 1. The molecule has 0 aromatic heterocycles. The molecule has 1 fully saturated rings. The van der Waals surface area contributed by atoms with Crippen LogP contribution in [0, 0.1) is 5.92 Å². The first-order valence-electron chi connectivity index (χ1n) is 7.73. The van der Waals surface area contributed by atoms with Crippen LogP contribution in [-0.2, 0) is 6.42 Å². The fraction of sp³-hybridized carbons (Fsp3) is 0.647. The normalized spacial score (nSPS) is 20.9. The van der Waals surface area contributed by atoms with Crippen molar-refractivity contribution >= 4 is 0 Å². The minimum absolute atomic E-state index is 0.700. The molecule has 1 saturated heterocycles. The molecule has 1 aliphatic rings. The van der Waals surface area contributed by atoms with Crippen molar-refractivity contribution < 1.29 is 0 Å². The first-order chi connectivity index (χ1) is 9.24. The Morgan fingerprint density at radius 3 is 2.79 bits per heavy atom.